The number of anilines is 1. The summed E-state index contributed by atoms with van der Waals surface area (Å²) in [6, 6.07) is 6.29. The molecule has 0 fully saturated rings. The first-order valence-electron chi connectivity index (χ1n) is 7.06. The predicted molar refractivity (Wildman–Crippen MR) is 89.7 cm³/mol. The van der Waals surface area contributed by atoms with E-state index in [0.29, 0.717) is 6.61 Å². The molecular formula is C15H25N3O2S. The lowest BCUT2D eigenvalue weighted by atomic mass is 10.1. The van der Waals surface area contributed by atoms with Crippen LogP contribution in [-0.4, -0.2) is 43.1 Å². The van der Waals surface area contributed by atoms with Crippen LogP contribution >= 0.6 is 11.8 Å². The highest BCUT2D eigenvalue weighted by Crippen LogP contribution is 2.31. The summed E-state index contributed by atoms with van der Waals surface area (Å²) in [7, 11) is 1.69. The summed E-state index contributed by atoms with van der Waals surface area (Å²) in [5.74, 6) is 1.07. The highest BCUT2D eigenvalue weighted by atomic mass is 32.2. The summed E-state index contributed by atoms with van der Waals surface area (Å²) >= 11 is 1.68. The van der Waals surface area contributed by atoms with E-state index in [1.807, 2.05) is 18.2 Å². The maximum absolute atomic E-state index is 9.11. The van der Waals surface area contributed by atoms with Crippen LogP contribution in [0.3, 0.4) is 0 Å². The molecular weight excluding hydrogens is 286 g/mol. The monoisotopic (exact) mass is 311 g/mol. The molecule has 0 aromatic heterocycles. The lowest BCUT2D eigenvalue weighted by Gasteiger charge is -2.31. The maximum atomic E-state index is 9.11. The summed E-state index contributed by atoms with van der Waals surface area (Å²) in [4.78, 5) is 3.23. The molecule has 0 atom stereocenters. The van der Waals surface area contributed by atoms with Crippen molar-refractivity contribution in [2.75, 3.05) is 30.9 Å². The van der Waals surface area contributed by atoms with Gasteiger partial charge in [0.1, 0.15) is 0 Å². The summed E-state index contributed by atoms with van der Waals surface area (Å²) in [6.07, 6.45) is 0. The number of hydrogen-bond donors (Lipinski definition) is 2. The third-order valence-electron chi connectivity index (χ3n) is 3.14. The Morgan fingerprint density at radius 2 is 2.19 bits per heavy atom. The number of thioether (sulfide) groups is 1. The van der Waals surface area contributed by atoms with E-state index in [1.54, 1.807) is 18.9 Å². The Morgan fingerprint density at radius 3 is 2.71 bits per heavy atom. The van der Waals surface area contributed by atoms with Gasteiger partial charge in [0, 0.05) is 30.3 Å². The van der Waals surface area contributed by atoms with E-state index in [9.17, 15) is 0 Å². The van der Waals surface area contributed by atoms with Crippen LogP contribution in [0.4, 0.5) is 5.69 Å². The van der Waals surface area contributed by atoms with Gasteiger partial charge in [-0.05, 0) is 31.7 Å². The van der Waals surface area contributed by atoms with E-state index in [2.05, 4.69) is 30.8 Å². The van der Waals surface area contributed by atoms with Crippen molar-refractivity contribution in [3.05, 3.63) is 23.8 Å². The second kappa shape index (κ2) is 8.79. The molecule has 118 valence electrons. The van der Waals surface area contributed by atoms with Gasteiger partial charge < -0.3 is 20.6 Å². The molecule has 0 aliphatic carbocycles. The minimum atomic E-state index is 0.143. The molecule has 0 bridgehead atoms. The smallest absolute Gasteiger partial charge is 0.173 e. The quantitative estimate of drug-likeness (QED) is 0.254. The standard InChI is InChI=1S/C15H25N3O2S/c1-5-21-13-8-6-7-12(14(13)15(16)17-19)18(11(2)3)9-10-20-4/h6-8,11,19H,5,9-10H2,1-4H3,(H2,16,17). The molecule has 0 unspecified atom stereocenters. The van der Waals surface area contributed by atoms with Crippen molar-refractivity contribution in [2.45, 2.75) is 31.7 Å². The Kier molecular flexibility index (Phi) is 7.39. The van der Waals surface area contributed by atoms with Crippen LogP contribution < -0.4 is 10.6 Å². The Bertz CT molecular complexity index is 478. The molecule has 0 saturated heterocycles. The Balaban J connectivity index is 3.34. The molecule has 0 saturated carbocycles. The molecule has 0 heterocycles. The van der Waals surface area contributed by atoms with Gasteiger partial charge in [-0.15, -0.1) is 11.8 Å². The lowest BCUT2D eigenvalue weighted by Crippen LogP contribution is -2.35. The minimum absolute atomic E-state index is 0.143. The van der Waals surface area contributed by atoms with Crippen LogP contribution in [0.15, 0.2) is 28.3 Å². The van der Waals surface area contributed by atoms with E-state index >= 15 is 0 Å². The number of nitrogens with two attached hydrogens (primary N) is 1. The molecule has 3 N–H and O–H groups in total. The van der Waals surface area contributed by atoms with Crippen molar-refractivity contribution in [3.63, 3.8) is 0 Å². The summed E-state index contributed by atoms with van der Waals surface area (Å²) < 4.78 is 5.19. The zero-order valence-electron chi connectivity index (χ0n) is 13.2. The summed E-state index contributed by atoms with van der Waals surface area (Å²) in [6.45, 7) is 7.69. The number of rotatable bonds is 8. The van der Waals surface area contributed by atoms with Gasteiger partial charge in [-0.3, -0.25) is 0 Å². The highest BCUT2D eigenvalue weighted by Gasteiger charge is 2.19. The number of methoxy groups -OCH3 is 1. The van der Waals surface area contributed by atoms with Gasteiger partial charge in [0.25, 0.3) is 0 Å². The molecule has 6 heteroatoms. The van der Waals surface area contributed by atoms with Crippen molar-refractivity contribution >= 4 is 23.3 Å². The van der Waals surface area contributed by atoms with Gasteiger partial charge in [0.05, 0.1) is 12.2 Å². The van der Waals surface area contributed by atoms with Crippen LogP contribution in [0, 0.1) is 0 Å². The topological polar surface area (TPSA) is 71.1 Å². The molecule has 0 radical (unpaired) electrons. The number of hydrogen-bond acceptors (Lipinski definition) is 5. The summed E-state index contributed by atoms with van der Waals surface area (Å²) in [5, 5.41) is 12.3. The van der Waals surface area contributed by atoms with Gasteiger partial charge in [0.2, 0.25) is 0 Å². The number of nitrogens with zero attached hydrogens (tertiary/aromatic N) is 2. The zero-order valence-corrected chi connectivity index (χ0v) is 14.0. The van der Waals surface area contributed by atoms with Crippen LogP contribution in [0.2, 0.25) is 0 Å². The first-order valence-corrected chi connectivity index (χ1v) is 8.04. The first-order chi connectivity index (χ1) is 10.1. The molecule has 0 aliphatic heterocycles. The third-order valence-corrected chi connectivity index (χ3v) is 4.08. The van der Waals surface area contributed by atoms with E-state index in [1.165, 1.54) is 0 Å². The first kappa shape index (κ1) is 17.7. The molecule has 5 nitrogen and oxygen atoms in total. The normalized spacial score (nSPS) is 12.0. The minimum Gasteiger partial charge on any atom is -0.409 e. The average molecular weight is 311 g/mol. The molecule has 0 spiro atoms. The molecule has 1 aromatic carbocycles. The highest BCUT2D eigenvalue weighted by molar-refractivity contribution is 7.99. The largest absolute Gasteiger partial charge is 0.409 e. The van der Waals surface area contributed by atoms with Crippen molar-refractivity contribution in [1.29, 1.82) is 0 Å². The lowest BCUT2D eigenvalue weighted by molar-refractivity contribution is 0.204. The van der Waals surface area contributed by atoms with Crippen molar-refractivity contribution in [1.82, 2.24) is 0 Å². The van der Waals surface area contributed by atoms with Gasteiger partial charge >= 0.3 is 0 Å². The van der Waals surface area contributed by atoms with Crippen LogP contribution in [0.25, 0.3) is 0 Å². The number of oxime groups is 1. The maximum Gasteiger partial charge on any atom is 0.173 e. The molecule has 1 aromatic rings. The average Bonchev–Trinajstić information content (AvgIpc) is 2.47. The van der Waals surface area contributed by atoms with Gasteiger partial charge in [-0.25, -0.2) is 0 Å². The van der Waals surface area contributed by atoms with E-state index in [0.717, 1.165) is 28.4 Å². The third kappa shape index (κ3) is 4.54. The summed E-state index contributed by atoms with van der Waals surface area (Å²) in [5.41, 5.74) is 7.68. The Labute approximate surface area is 131 Å². The Morgan fingerprint density at radius 1 is 1.48 bits per heavy atom. The molecule has 0 amide bonds. The molecule has 1 rings (SSSR count). The van der Waals surface area contributed by atoms with Gasteiger partial charge in [0.15, 0.2) is 5.84 Å². The van der Waals surface area contributed by atoms with Gasteiger partial charge in [-0.1, -0.05) is 18.1 Å². The number of amidine groups is 1. The zero-order chi connectivity index (χ0) is 15.8. The fourth-order valence-corrected chi connectivity index (χ4v) is 3.03. The predicted octanol–water partition coefficient (Wildman–Crippen LogP) is 2.75. The van der Waals surface area contributed by atoms with E-state index in [-0.39, 0.29) is 11.9 Å². The van der Waals surface area contributed by atoms with Crippen molar-refractivity contribution in [2.24, 2.45) is 10.9 Å². The fourth-order valence-electron chi connectivity index (χ4n) is 2.19. The SMILES string of the molecule is CCSc1cccc(N(CCOC)C(C)C)c1/C(N)=N/O. The number of benzene rings is 1. The van der Waals surface area contributed by atoms with Crippen LogP contribution in [0.1, 0.15) is 26.3 Å². The molecule has 21 heavy (non-hydrogen) atoms. The van der Waals surface area contributed by atoms with Crippen molar-refractivity contribution in [3.8, 4) is 0 Å². The second-order valence-corrected chi connectivity index (χ2v) is 6.15. The van der Waals surface area contributed by atoms with Crippen LogP contribution in [0.5, 0.6) is 0 Å². The van der Waals surface area contributed by atoms with Crippen molar-refractivity contribution < 1.29 is 9.94 Å². The van der Waals surface area contributed by atoms with Gasteiger partial charge in [-0.2, -0.15) is 0 Å². The van der Waals surface area contributed by atoms with E-state index < -0.39 is 0 Å². The van der Waals surface area contributed by atoms with E-state index in [4.69, 9.17) is 15.7 Å². The molecule has 0 aliphatic rings. The number of ether oxygens (including phenoxy) is 1. The fraction of sp³-hybridized carbons (Fsp3) is 0.533. The van der Waals surface area contributed by atoms with Crippen LogP contribution in [-0.2, 0) is 4.74 Å². The Hall–Kier alpha value is -1.40. The second-order valence-electron chi connectivity index (χ2n) is 4.85.